The normalized spacial score (nSPS) is 17.0. The third-order valence-electron chi connectivity index (χ3n) is 7.97. The second-order valence-electron chi connectivity index (χ2n) is 10.7. The van der Waals surface area contributed by atoms with Crippen LogP contribution in [-0.2, 0) is 47.3 Å². The van der Waals surface area contributed by atoms with Gasteiger partial charge in [-0.3, -0.25) is 14.4 Å². The molecule has 41 heavy (non-hydrogen) atoms. The number of carbonyl (C=O) groups excluding carboxylic acids is 3. The first-order valence-corrected chi connectivity index (χ1v) is 14.6. The first kappa shape index (κ1) is 28.5. The Bertz CT molecular complexity index is 1540. The molecular formula is C32H36N2O7. The van der Waals surface area contributed by atoms with Gasteiger partial charge in [0, 0.05) is 16.5 Å². The quantitative estimate of drug-likeness (QED) is 0.130. The first-order chi connectivity index (χ1) is 19.9. The number of carbonyl (C=O) groups is 3. The molecule has 216 valence electrons. The lowest BCUT2D eigenvalue weighted by Gasteiger charge is -2.35. The van der Waals surface area contributed by atoms with Crippen molar-refractivity contribution in [2.24, 2.45) is 0 Å². The van der Waals surface area contributed by atoms with E-state index in [0.29, 0.717) is 30.1 Å². The Balaban J connectivity index is 1.32. The average molecular weight is 561 g/mol. The molecule has 0 unspecified atom stereocenters. The Hall–Kier alpha value is -4.01. The molecule has 9 nitrogen and oxygen atoms in total. The van der Waals surface area contributed by atoms with Gasteiger partial charge in [0.1, 0.15) is 6.61 Å². The van der Waals surface area contributed by atoms with Crippen LogP contribution >= 0.6 is 0 Å². The molecule has 0 saturated heterocycles. The number of para-hydroxylation sites is 1. The Labute approximate surface area is 238 Å². The van der Waals surface area contributed by atoms with E-state index in [1.807, 2.05) is 30.3 Å². The van der Waals surface area contributed by atoms with Gasteiger partial charge < -0.3 is 18.8 Å². The van der Waals surface area contributed by atoms with E-state index in [-0.39, 0.29) is 37.0 Å². The fourth-order valence-corrected chi connectivity index (χ4v) is 5.67. The van der Waals surface area contributed by atoms with Crippen LogP contribution in [0.3, 0.4) is 0 Å². The minimum Gasteiger partial charge on any atom is -0.466 e. The summed E-state index contributed by atoms with van der Waals surface area (Å²) in [6, 6.07) is 11.5. The number of nitrogens with zero attached hydrogens (tertiary/aromatic N) is 2. The van der Waals surface area contributed by atoms with E-state index < -0.39 is 23.5 Å². The predicted molar refractivity (Wildman–Crippen MR) is 152 cm³/mol. The van der Waals surface area contributed by atoms with Gasteiger partial charge in [-0.05, 0) is 31.0 Å². The average Bonchev–Trinajstić information content (AvgIpc) is 3.33. The Morgan fingerprint density at radius 2 is 1.76 bits per heavy atom. The number of fused-ring (bicyclic) bond motifs is 5. The van der Waals surface area contributed by atoms with Gasteiger partial charge >= 0.3 is 17.9 Å². The molecule has 0 bridgehead atoms. The molecule has 0 saturated carbocycles. The van der Waals surface area contributed by atoms with Crippen molar-refractivity contribution in [2.45, 2.75) is 90.4 Å². The summed E-state index contributed by atoms with van der Waals surface area (Å²) in [5, 5.41) is 0.970. The van der Waals surface area contributed by atoms with Crippen LogP contribution in [0.5, 0.6) is 0 Å². The predicted octanol–water partition coefficient (Wildman–Crippen LogP) is 5.31. The number of cyclic esters (lactones) is 1. The van der Waals surface area contributed by atoms with E-state index in [4.69, 9.17) is 19.2 Å². The summed E-state index contributed by atoms with van der Waals surface area (Å²) >= 11 is 0. The molecule has 5 rings (SSSR count). The molecule has 0 radical (unpaired) electrons. The number of hydrogen-bond donors (Lipinski definition) is 0. The zero-order valence-corrected chi connectivity index (χ0v) is 23.7. The van der Waals surface area contributed by atoms with Crippen molar-refractivity contribution in [3.8, 4) is 11.4 Å². The highest BCUT2D eigenvalue weighted by atomic mass is 16.6. The maximum atomic E-state index is 13.6. The lowest BCUT2D eigenvalue weighted by atomic mass is 9.85. The molecule has 3 aromatic rings. The van der Waals surface area contributed by atoms with Crippen molar-refractivity contribution in [2.75, 3.05) is 6.61 Å². The molecule has 0 amide bonds. The van der Waals surface area contributed by atoms with Gasteiger partial charge in [-0.2, -0.15) is 0 Å². The summed E-state index contributed by atoms with van der Waals surface area (Å²) in [5.74, 6) is -1.96. The van der Waals surface area contributed by atoms with Crippen LogP contribution in [0.25, 0.3) is 22.3 Å². The minimum atomic E-state index is -1.79. The van der Waals surface area contributed by atoms with Gasteiger partial charge in [0.25, 0.3) is 5.56 Å². The number of hydrogen-bond acceptors (Lipinski definition) is 8. The van der Waals surface area contributed by atoms with Gasteiger partial charge in [-0.15, -0.1) is 0 Å². The number of benzene rings is 1. The third-order valence-corrected chi connectivity index (χ3v) is 7.97. The van der Waals surface area contributed by atoms with Crippen LogP contribution in [0.2, 0.25) is 0 Å². The topological polar surface area (TPSA) is 114 Å². The molecule has 1 aromatic carbocycles. The number of ether oxygens (including phenoxy) is 3. The maximum Gasteiger partial charge on any atom is 0.355 e. The summed E-state index contributed by atoms with van der Waals surface area (Å²) in [6.45, 7) is 4.32. The molecule has 2 aromatic heterocycles. The Morgan fingerprint density at radius 3 is 2.56 bits per heavy atom. The molecule has 1 atom stereocenters. The smallest absolute Gasteiger partial charge is 0.355 e. The molecule has 2 aliphatic rings. The van der Waals surface area contributed by atoms with E-state index in [1.165, 1.54) is 19.3 Å². The highest BCUT2D eigenvalue weighted by Gasteiger charge is 2.50. The second-order valence-corrected chi connectivity index (χ2v) is 10.7. The summed E-state index contributed by atoms with van der Waals surface area (Å²) in [7, 11) is 0. The summed E-state index contributed by atoms with van der Waals surface area (Å²) in [5.41, 5.74) is 1.41. The highest BCUT2D eigenvalue weighted by Crippen LogP contribution is 2.41. The van der Waals surface area contributed by atoms with Crippen LogP contribution in [0.1, 0.15) is 88.3 Å². The Kier molecular flexibility index (Phi) is 8.52. The molecule has 0 spiro atoms. The first-order valence-electron chi connectivity index (χ1n) is 14.6. The van der Waals surface area contributed by atoms with Crippen molar-refractivity contribution >= 4 is 28.8 Å². The molecule has 4 heterocycles. The van der Waals surface area contributed by atoms with E-state index in [1.54, 1.807) is 17.6 Å². The van der Waals surface area contributed by atoms with Gasteiger partial charge in [0.05, 0.1) is 48.5 Å². The number of aromatic nitrogens is 2. The SMILES string of the molecule is CCCCCCCCOC(=O)CCC(=O)O[C@]1(CC)C(=O)OCc2c1cc1n(c2=O)Cc2cc3ccccc3nc2-1. The summed E-state index contributed by atoms with van der Waals surface area (Å²) < 4.78 is 18.0. The van der Waals surface area contributed by atoms with E-state index in [2.05, 4.69) is 6.92 Å². The van der Waals surface area contributed by atoms with Crippen LogP contribution < -0.4 is 5.56 Å². The minimum absolute atomic E-state index is 0.0634. The van der Waals surface area contributed by atoms with Crippen LogP contribution in [0.4, 0.5) is 0 Å². The van der Waals surface area contributed by atoms with Gasteiger partial charge in [-0.25, -0.2) is 9.78 Å². The van der Waals surface area contributed by atoms with Crippen molar-refractivity contribution < 1.29 is 28.6 Å². The summed E-state index contributed by atoms with van der Waals surface area (Å²) in [6.07, 6.45) is 6.11. The van der Waals surface area contributed by atoms with Gasteiger partial charge in [0.2, 0.25) is 5.60 Å². The fraction of sp³-hybridized carbons (Fsp3) is 0.469. The second kappa shape index (κ2) is 12.2. The zero-order chi connectivity index (χ0) is 29.0. The fourth-order valence-electron chi connectivity index (χ4n) is 5.67. The molecule has 9 heteroatoms. The lowest BCUT2D eigenvalue weighted by molar-refractivity contribution is -0.189. The lowest BCUT2D eigenvalue weighted by Crippen LogP contribution is -2.47. The monoisotopic (exact) mass is 560 g/mol. The van der Waals surface area contributed by atoms with Crippen molar-refractivity contribution in [1.29, 1.82) is 0 Å². The molecule has 0 fully saturated rings. The van der Waals surface area contributed by atoms with Crippen molar-refractivity contribution in [1.82, 2.24) is 9.55 Å². The van der Waals surface area contributed by atoms with E-state index in [9.17, 15) is 19.2 Å². The molecular weight excluding hydrogens is 524 g/mol. The summed E-state index contributed by atoms with van der Waals surface area (Å²) in [4.78, 5) is 56.7. The highest BCUT2D eigenvalue weighted by molar-refractivity contribution is 5.89. The standard InChI is InChI=1S/C32H36N2O7/c1-3-5-6-7-8-11-16-39-27(35)14-15-28(36)41-32(4-2)24-18-26-29-22(17-21-12-9-10-13-25(21)33-29)19-34(26)30(37)23(24)20-40-31(32)38/h9-10,12-13,17-18H,3-8,11,14-16,19-20H2,1-2H3/t32-/m0/s1. The van der Waals surface area contributed by atoms with Crippen LogP contribution in [0.15, 0.2) is 41.2 Å². The molecule has 0 N–H and O–H groups in total. The van der Waals surface area contributed by atoms with Crippen molar-refractivity contribution in [3.05, 3.63) is 63.4 Å². The molecule has 0 aliphatic carbocycles. The van der Waals surface area contributed by atoms with Gasteiger partial charge in [0.15, 0.2) is 0 Å². The largest absolute Gasteiger partial charge is 0.466 e. The number of pyridine rings is 2. The third kappa shape index (κ3) is 5.62. The number of esters is 3. The maximum absolute atomic E-state index is 13.6. The number of unbranched alkanes of at least 4 members (excludes halogenated alkanes) is 5. The van der Waals surface area contributed by atoms with Crippen LogP contribution in [0, 0.1) is 0 Å². The van der Waals surface area contributed by atoms with E-state index >= 15 is 0 Å². The Morgan fingerprint density at radius 1 is 1.00 bits per heavy atom. The van der Waals surface area contributed by atoms with Crippen molar-refractivity contribution in [3.63, 3.8) is 0 Å². The number of rotatable bonds is 12. The van der Waals surface area contributed by atoms with Gasteiger partial charge in [-0.1, -0.05) is 64.2 Å². The zero-order valence-electron chi connectivity index (χ0n) is 23.7. The van der Waals surface area contributed by atoms with E-state index in [0.717, 1.165) is 35.7 Å². The molecule has 2 aliphatic heterocycles. The van der Waals surface area contributed by atoms with Crippen LogP contribution in [-0.4, -0.2) is 34.1 Å².